The van der Waals surface area contributed by atoms with Crippen LogP contribution in [0.1, 0.15) is 37.8 Å². The van der Waals surface area contributed by atoms with Gasteiger partial charge in [-0.2, -0.15) is 18.3 Å². The van der Waals surface area contributed by atoms with E-state index < -0.39 is 11.7 Å². The number of phenolic OH excluding ortho intramolecular Hbond substituents is 1. The normalized spacial score (nSPS) is 12.0. The number of phenols is 1. The predicted octanol–water partition coefficient (Wildman–Crippen LogP) is 4.38. The van der Waals surface area contributed by atoms with E-state index >= 15 is 0 Å². The number of carbonyl (C=O) groups excluding carboxylic acids is 1. The zero-order valence-electron chi connectivity index (χ0n) is 14.8. The molecule has 0 unspecified atom stereocenters. The Kier molecular flexibility index (Phi) is 6.38. The van der Waals surface area contributed by atoms with Crippen LogP contribution in [0.3, 0.4) is 0 Å². The van der Waals surface area contributed by atoms with Gasteiger partial charge in [-0.25, -0.2) is 4.98 Å². The molecule has 0 fully saturated rings. The van der Waals surface area contributed by atoms with Crippen molar-refractivity contribution in [1.82, 2.24) is 4.98 Å². The topological polar surface area (TPSA) is 86.6 Å². The van der Waals surface area contributed by atoms with Crippen LogP contribution in [0, 0.1) is 0 Å². The van der Waals surface area contributed by atoms with Crippen LogP contribution in [0.2, 0.25) is 0 Å². The number of benzene rings is 1. The molecule has 0 spiro atoms. The molecule has 0 saturated heterocycles. The van der Waals surface area contributed by atoms with E-state index in [1.54, 1.807) is 19.1 Å². The van der Waals surface area contributed by atoms with Crippen molar-refractivity contribution < 1.29 is 23.1 Å². The van der Waals surface area contributed by atoms with E-state index in [1.807, 2.05) is 6.92 Å². The van der Waals surface area contributed by atoms with E-state index in [9.17, 15) is 23.1 Å². The highest BCUT2D eigenvalue weighted by molar-refractivity contribution is 6.03. The Balaban J connectivity index is 2.14. The van der Waals surface area contributed by atoms with Gasteiger partial charge in [0.1, 0.15) is 11.6 Å². The molecule has 0 atom stereocenters. The van der Waals surface area contributed by atoms with Crippen molar-refractivity contribution in [1.29, 1.82) is 0 Å². The summed E-state index contributed by atoms with van der Waals surface area (Å²) in [6.07, 6.45) is -2.67. The SMILES string of the molecule is CCCC(=O)Nc1ccc(O)c(/C(C)=N/Nc2ccc(C(F)(F)F)cn2)c1. The van der Waals surface area contributed by atoms with Crippen LogP contribution in [0.15, 0.2) is 41.6 Å². The van der Waals surface area contributed by atoms with Crippen molar-refractivity contribution in [2.45, 2.75) is 32.9 Å². The lowest BCUT2D eigenvalue weighted by Gasteiger charge is -2.10. The van der Waals surface area contributed by atoms with Crippen molar-refractivity contribution in [3.05, 3.63) is 47.7 Å². The van der Waals surface area contributed by atoms with Crippen LogP contribution in [-0.4, -0.2) is 21.7 Å². The minimum Gasteiger partial charge on any atom is -0.507 e. The lowest BCUT2D eigenvalue weighted by molar-refractivity contribution is -0.137. The van der Waals surface area contributed by atoms with Gasteiger partial charge in [-0.05, 0) is 43.7 Å². The van der Waals surface area contributed by atoms with Crippen LogP contribution in [0.5, 0.6) is 5.75 Å². The second-order valence-corrected chi connectivity index (χ2v) is 5.77. The average Bonchev–Trinajstić information content (AvgIpc) is 2.61. The standard InChI is InChI=1S/C18H19F3N4O2/c1-3-4-17(27)23-13-6-7-15(26)14(9-13)11(2)24-25-16-8-5-12(10-22-16)18(19,20)21/h5-10,26H,3-4H2,1-2H3,(H,22,25)(H,23,27)/b24-11+. The van der Waals surface area contributed by atoms with Crippen molar-refractivity contribution in [2.24, 2.45) is 5.10 Å². The van der Waals surface area contributed by atoms with Crippen molar-refractivity contribution >= 4 is 23.1 Å². The number of halogens is 3. The fourth-order valence-corrected chi connectivity index (χ4v) is 2.18. The maximum absolute atomic E-state index is 12.5. The number of hydrogen-bond donors (Lipinski definition) is 3. The van der Waals surface area contributed by atoms with Gasteiger partial charge in [0.15, 0.2) is 0 Å². The molecule has 0 radical (unpaired) electrons. The quantitative estimate of drug-likeness (QED) is 0.394. The third-order valence-electron chi connectivity index (χ3n) is 3.58. The van der Waals surface area contributed by atoms with Crippen LogP contribution in [0.25, 0.3) is 0 Å². The van der Waals surface area contributed by atoms with E-state index in [-0.39, 0.29) is 17.5 Å². The fourth-order valence-electron chi connectivity index (χ4n) is 2.18. The molecule has 1 aromatic carbocycles. The molecular weight excluding hydrogens is 361 g/mol. The number of hydrazone groups is 1. The van der Waals surface area contributed by atoms with Crippen LogP contribution >= 0.6 is 0 Å². The van der Waals surface area contributed by atoms with Gasteiger partial charge in [0, 0.05) is 23.9 Å². The van der Waals surface area contributed by atoms with E-state index in [0.717, 1.165) is 12.1 Å². The van der Waals surface area contributed by atoms with Gasteiger partial charge >= 0.3 is 6.18 Å². The number of aromatic nitrogens is 1. The van der Waals surface area contributed by atoms with Crippen molar-refractivity contribution in [3.63, 3.8) is 0 Å². The number of amides is 1. The third kappa shape index (κ3) is 5.70. The molecule has 0 aliphatic carbocycles. The molecule has 2 rings (SSSR count). The predicted molar refractivity (Wildman–Crippen MR) is 96.7 cm³/mol. The molecule has 27 heavy (non-hydrogen) atoms. The highest BCUT2D eigenvalue weighted by Crippen LogP contribution is 2.29. The number of carbonyl (C=O) groups is 1. The summed E-state index contributed by atoms with van der Waals surface area (Å²) in [5.41, 5.74) is 2.91. The van der Waals surface area contributed by atoms with Crippen molar-refractivity contribution in [3.8, 4) is 5.75 Å². The monoisotopic (exact) mass is 380 g/mol. The molecule has 1 amide bonds. The maximum Gasteiger partial charge on any atom is 0.417 e. The summed E-state index contributed by atoms with van der Waals surface area (Å²) < 4.78 is 37.6. The summed E-state index contributed by atoms with van der Waals surface area (Å²) >= 11 is 0. The van der Waals surface area contributed by atoms with Crippen LogP contribution in [-0.2, 0) is 11.0 Å². The molecule has 9 heteroatoms. The first-order valence-electron chi connectivity index (χ1n) is 8.17. The summed E-state index contributed by atoms with van der Waals surface area (Å²) in [5, 5.41) is 16.7. The summed E-state index contributed by atoms with van der Waals surface area (Å²) in [7, 11) is 0. The molecule has 2 aromatic rings. The largest absolute Gasteiger partial charge is 0.507 e. The lowest BCUT2D eigenvalue weighted by atomic mass is 10.1. The number of hydrogen-bond acceptors (Lipinski definition) is 5. The number of alkyl halides is 3. The number of rotatable bonds is 6. The first kappa shape index (κ1) is 20.2. The summed E-state index contributed by atoms with van der Waals surface area (Å²) in [5.74, 6) is -0.0722. The van der Waals surface area contributed by atoms with E-state index in [1.165, 1.54) is 6.07 Å². The smallest absolute Gasteiger partial charge is 0.417 e. The minimum atomic E-state index is -4.46. The molecular formula is C18H19F3N4O2. The molecule has 1 heterocycles. The molecule has 144 valence electrons. The van der Waals surface area contributed by atoms with Gasteiger partial charge in [-0.3, -0.25) is 10.2 Å². The van der Waals surface area contributed by atoms with E-state index in [4.69, 9.17) is 0 Å². The molecule has 1 aromatic heterocycles. The second-order valence-electron chi connectivity index (χ2n) is 5.77. The number of anilines is 2. The zero-order chi connectivity index (χ0) is 20.0. The van der Waals surface area contributed by atoms with E-state index in [0.29, 0.717) is 36.0 Å². The number of nitrogens with one attached hydrogen (secondary N) is 2. The molecule has 0 bridgehead atoms. The van der Waals surface area contributed by atoms with E-state index in [2.05, 4.69) is 20.8 Å². The Morgan fingerprint density at radius 2 is 2.00 bits per heavy atom. The molecule has 3 N–H and O–H groups in total. The Bertz CT molecular complexity index is 833. The average molecular weight is 380 g/mol. The first-order valence-corrected chi connectivity index (χ1v) is 8.17. The highest BCUT2D eigenvalue weighted by Gasteiger charge is 2.30. The highest BCUT2D eigenvalue weighted by atomic mass is 19.4. The summed E-state index contributed by atoms with van der Waals surface area (Å²) in [4.78, 5) is 15.3. The Morgan fingerprint density at radius 3 is 2.59 bits per heavy atom. The van der Waals surface area contributed by atoms with Gasteiger partial charge in [0.05, 0.1) is 11.3 Å². The second kappa shape index (κ2) is 8.52. The third-order valence-corrected chi connectivity index (χ3v) is 3.58. The minimum absolute atomic E-state index is 0.0491. The number of nitrogens with zero attached hydrogens (tertiary/aromatic N) is 2. The van der Waals surface area contributed by atoms with Crippen LogP contribution < -0.4 is 10.7 Å². The van der Waals surface area contributed by atoms with Gasteiger partial charge < -0.3 is 10.4 Å². The van der Waals surface area contributed by atoms with Crippen LogP contribution in [0.4, 0.5) is 24.7 Å². The summed E-state index contributed by atoms with van der Waals surface area (Å²) in [6, 6.07) is 6.59. The van der Waals surface area contributed by atoms with Crippen molar-refractivity contribution in [2.75, 3.05) is 10.7 Å². The molecule has 0 aliphatic heterocycles. The first-order chi connectivity index (χ1) is 12.7. The van der Waals surface area contributed by atoms with Gasteiger partial charge in [0.2, 0.25) is 5.91 Å². The number of pyridine rings is 1. The van der Waals surface area contributed by atoms with Gasteiger partial charge in [-0.1, -0.05) is 6.92 Å². The van der Waals surface area contributed by atoms with Gasteiger partial charge in [-0.15, -0.1) is 0 Å². The fraction of sp³-hybridized carbons (Fsp3) is 0.278. The number of aromatic hydroxyl groups is 1. The lowest BCUT2D eigenvalue weighted by Crippen LogP contribution is -2.11. The zero-order valence-corrected chi connectivity index (χ0v) is 14.8. The molecule has 6 nitrogen and oxygen atoms in total. The van der Waals surface area contributed by atoms with Gasteiger partial charge in [0.25, 0.3) is 0 Å². The molecule has 0 aliphatic rings. The Morgan fingerprint density at radius 1 is 1.26 bits per heavy atom. The maximum atomic E-state index is 12.5. The Hall–Kier alpha value is -3.10. The summed E-state index contributed by atoms with van der Waals surface area (Å²) in [6.45, 7) is 3.49. The molecule has 0 saturated carbocycles. The Labute approximate surface area is 154 Å².